The SMILES string of the molecule is COc1ccc(C(C#N)Nc2ccc(Cl)cc2)cc1O. The fourth-order valence-corrected chi connectivity index (χ4v) is 1.92. The van der Waals surface area contributed by atoms with Crippen LogP contribution in [0.3, 0.4) is 0 Å². The van der Waals surface area contributed by atoms with Crippen molar-refractivity contribution in [1.82, 2.24) is 0 Å². The molecule has 0 aromatic heterocycles. The molecule has 5 heteroatoms. The summed E-state index contributed by atoms with van der Waals surface area (Å²) >= 11 is 5.81. The molecule has 0 saturated carbocycles. The second kappa shape index (κ2) is 6.18. The van der Waals surface area contributed by atoms with Gasteiger partial charge >= 0.3 is 0 Å². The molecule has 0 radical (unpaired) electrons. The monoisotopic (exact) mass is 288 g/mol. The first-order valence-electron chi connectivity index (χ1n) is 5.92. The van der Waals surface area contributed by atoms with Crippen LogP contribution in [-0.4, -0.2) is 12.2 Å². The Hall–Kier alpha value is -2.38. The second-order valence-corrected chi connectivity index (χ2v) is 4.58. The van der Waals surface area contributed by atoms with Gasteiger partial charge in [-0.25, -0.2) is 0 Å². The number of nitrogens with zero attached hydrogens (tertiary/aromatic N) is 1. The number of ether oxygens (including phenoxy) is 1. The molecule has 0 spiro atoms. The van der Waals surface area contributed by atoms with Gasteiger partial charge in [0.2, 0.25) is 0 Å². The summed E-state index contributed by atoms with van der Waals surface area (Å²) < 4.78 is 4.98. The lowest BCUT2D eigenvalue weighted by Crippen LogP contribution is -2.08. The number of phenolic OH excluding ortho intramolecular Hbond substituents is 1. The van der Waals surface area contributed by atoms with Crippen molar-refractivity contribution in [3.05, 3.63) is 53.1 Å². The molecule has 0 amide bonds. The lowest BCUT2D eigenvalue weighted by Gasteiger charge is -2.14. The molecule has 1 atom stereocenters. The first kappa shape index (κ1) is 14.0. The van der Waals surface area contributed by atoms with Gasteiger partial charge in [-0.3, -0.25) is 0 Å². The van der Waals surface area contributed by atoms with E-state index in [2.05, 4.69) is 11.4 Å². The van der Waals surface area contributed by atoms with E-state index in [-0.39, 0.29) is 5.75 Å². The van der Waals surface area contributed by atoms with Crippen LogP contribution in [0.25, 0.3) is 0 Å². The highest BCUT2D eigenvalue weighted by Gasteiger charge is 2.13. The third kappa shape index (κ3) is 3.14. The van der Waals surface area contributed by atoms with Gasteiger partial charge in [0, 0.05) is 10.7 Å². The van der Waals surface area contributed by atoms with Crippen LogP contribution in [0.15, 0.2) is 42.5 Å². The van der Waals surface area contributed by atoms with Gasteiger partial charge in [-0.2, -0.15) is 5.26 Å². The van der Waals surface area contributed by atoms with E-state index in [0.717, 1.165) is 5.69 Å². The van der Waals surface area contributed by atoms with E-state index in [9.17, 15) is 10.4 Å². The number of aromatic hydroxyl groups is 1. The zero-order chi connectivity index (χ0) is 14.5. The van der Waals surface area contributed by atoms with Crippen molar-refractivity contribution in [2.24, 2.45) is 0 Å². The van der Waals surface area contributed by atoms with E-state index < -0.39 is 6.04 Å². The number of nitrogens with one attached hydrogen (secondary N) is 1. The van der Waals surface area contributed by atoms with Crippen LogP contribution < -0.4 is 10.1 Å². The second-order valence-electron chi connectivity index (χ2n) is 4.14. The molecular weight excluding hydrogens is 276 g/mol. The molecule has 20 heavy (non-hydrogen) atoms. The summed E-state index contributed by atoms with van der Waals surface area (Å²) in [6.07, 6.45) is 0. The molecule has 0 aliphatic heterocycles. The summed E-state index contributed by atoms with van der Waals surface area (Å²) in [5.74, 6) is 0.375. The van der Waals surface area contributed by atoms with Crippen molar-refractivity contribution in [3.63, 3.8) is 0 Å². The number of rotatable bonds is 4. The van der Waals surface area contributed by atoms with Crippen LogP contribution in [-0.2, 0) is 0 Å². The van der Waals surface area contributed by atoms with Gasteiger partial charge in [0.15, 0.2) is 11.5 Å². The minimum atomic E-state index is -0.576. The molecule has 2 aromatic carbocycles. The van der Waals surface area contributed by atoms with Gasteiger partial charge in [0.05, 0.1) is 13.2 Å². The number of anilines is 1. The standard InChI is InChI=1S/C15H13ClN2O2/c1-20-15-7-2-10(8-14(15)19)13(9-17)18-12-5-3-11(16)4-6-12/h2-8,13,18-19H,1H3. The van der Waals surface area contributed by atoms with Gasteiger partial charge in [-0.05, 0) is 42.0 Å². The third-order valence-corrected chi connectivity index (χ3v) is 3.07. The Bertz CT molecular complexity index is 635. The zero-order valence-electron chi connectivity index (χ0n) is 10.8. The number of halogens is 1. The molecule has 0 bridgehead atoms. The van der Waals surface area contributed by atoms with Crippen LogP contribution in [0.4, 0.5) is 5.69 Å². The van der Waals surface area contributed by atoms with E-state index in [1.165, 1.54) is 13.2 Å². The smallest absolute Gasteiger partial charge is 0.160 e. The van der Waals surface area contributed by atoms with E-state index in [1.807, 2.05) is 0 Å². The molecule has 2 rings (SSSR count). The van der Waals surface area contributed by atoms with Crippen LogP contribution in [0.1, 0.15) is 11.6 Å². The van der Waals surface area contributed by atoms with Gasteiger partial charge in [-0.1, -0.05) is 17.7 Å². The highest BCUT2D eigenvalue weighted by molar-refractivity contribution is 6.30. The number of hydrogen-bond acceptors (Lipinski definition) is 4. The molecule has 0 aliphatic carbocycles. The van der Waals surface area contributed by atoms with Crippen molar-refractivity contribution in [1.29, 1.82) is 5.26 Å². The molecule has 1 unspecified atom stereocenters. The van der Waals surface area contributed by atoms with Crippen molar-refractivity contribution < 1.29 is 9.84 Å². The zero-order valence-corrected chi connectivity index (χ0v) is 11.6. The van der Waals surface area contributed by atoms with Crippen molar-refractivity contribution in [2.75, 3.05) is 12.4 Å². The molecule has 0 saturated heterocycles. The Balaban J connectivity index is 2.22. The minimum absolute atomic E-state index is 0.00292. The summed E-state index contributed by atoms with van der Waals surface area (Å²) in [6, 6.07) is 13.5. The average molecular weight is 289 g/mol. The molecule has 2 N–H and O–H groups in total. The molecule has 0 fully saturated rings. The van der Waals surface area contributed by atoms with E-state index in [4.69, 9.17) is 16.3 Å². The van der Waals surface area contributed by atoms with Crippen LogP contribution in [0.2, 0.25) is 5.02 Å². The van der Waals surface area contributed by atoms with E-state index >= 15 is 0 Å². The number of methoxy groups -OCH3 is 1. The quantitative estimate of drug-likeness (QED) is 0.899. The van der Waals surface area contributed by atoms with Crippen LogP contribution in [0, 0.1) is 11.3 Å². The predicted molar refractivity (Wildman–Crippen MR) is 78.1 cm³/mol. The van der Waals surface area contributed by atoms with Crippen molar-refractivity contribution in [3.8, 4) is 17.6 Å². The molecular formula is C15H13ClN2O2. The largest absolute Gasteiger partial charge is 0.504 e. The summed E-state index contributed by atoms with van der Waals surface area (Å²) in [5.41, 5.74) is 1.43. The first-order valence-corrected chi connectivity index (χ1v) is 6.30. The molecule has 102 valence electrons. The van der Waals surface area contributed by atoms with Gasteiger partial charge < -0.3 is 15.2 Å². The minimum Gasteiger partial charge on any atom is -0.504 e. The molecule has 4 nitrogen and oxygen atoms in total. The summed E-state index contributed by atoms with van der Waals surface area (Å²) in [7, 11) is 1.47. The first-order chi connectivity index (χ1) is 9.63. The van der Waals surface area contributed by atoms with E-state index in [1.54, 1.807) is 36.4 Å². The van der Waals surface area contributed by atoms with Crippen LogP contribution >= 0.6 is 11.6 Å². The van der Waals surface area contributed by atoms with Gasteiger partial charge in [-0.15, -0.1) is 0 Å². The topological polar surface area (TPSA) is 65.3 Å². The van der Waals surface area contributed by atoms with Crippen LogP contribution in [0.5, 0.6) is 11.5 Å². The average Bonchev–Trinajstić information content (AvgIpc) is 2.46. The predicted octanol–water partition coefficient (Wildman–Crippen LogP) is 3.73. The Morgan fingerprint density at radius 1 is 1.25 bits per heavy atom. The number of nitriles is 1. The number of phenols is 1. The lowest BCUT2D eigenvalue weighted by molar-refractivity contribution is 0.373. The lowest BCUT2D eigenvalue weighted by atomic mass is 10.1. The normalized spacial score (nSPS) is 11.4. The van der Waals surface area contributed by atoms with E-state index in [0.29, 0.717) is 16.3 Å². The Labute approximate surface area is 122 Å². The Morgan fingerprint density at radius 2 is 1.95 bits per heavy atom. The summed E-state index contributed by atoms with van der Waals surface area (Å²) in [6.45, 7) is 0. The number of hydrogen-bond donors (Lipinski definition) is 2. The highest BCUT2D eigenvalue weighted by atomic mass is 35.5. The van der Waals surface area contributed by atoms with Crippen molar-refractivity contribution >= 4 is 17.3 Å². The summed E-state index contributed by atoms with van der Waals surface area (Å²) in [4.78, 5) is 0. The summed E-state index contributed by atoms with van der Waals surface area (Å²) in [5, 5.41) is 22.7. The fourth-order valence-electron chi connectivity index (χ4n) is 1.79. The Kier molecular flexibility index (Phi) is 4.34. The maximum Gasteiger partial charge on any atom is 0.160 e. The molecule has 0 heterocycles. The third-order valence-electron chi connectivity index (χ3n) is 2.82. The maximum atomic E-state index is 9.76. The molecule has 2 aromatic rings. The van der Waals surface area contributed by atoms with Gasteiger partial charge in [0.1, 0.15) is 6.04 Å². The molecule has 0 aliphatic rings. The highest BCUT2D eigenvalue weighted by Crippen LogP contribution is 2.30. The Morgan fingerprint density at radius 3 is 2.50 bits per heavy atom. The van der Waals surface area contributed by atoms with Gasteiger partial charge in [0.25, 0.3) is 0 Å². The fraction of sp³-hybridized carbons (Fsp3) is 0.133. The number of benzene rings is 2. The van der Waals surface area contributed by atoms with Crippen molar-refractivity contribution in [2.45, 2.75) is 6.04 Å². The maximum absolute atomic E-state index is 9.76.